The van der Waals surface area contributed by atoms with Gasteiger partial charge in [-0.2, -0.15) is 0 Å². The first-order chi connectivity index (χ1) is 9.99. The van der Waals surface area contributed by atoms with Crippen LogP contribution in [0.3, 0.4) is 0 Å². The molecule has 0 radical (unpaired) electrons. The van der Waals surface area contributed by atoms with Gasteiger partial charge in [0.05, 0.1) is 6.61 Å². The largest absolute Gasteiger partial charge is 0.461 e. The van der Waals surface area contributed by atoms with Gasteiger partial charge in [0, 0.05) is 12.5 Å². The number of esters is 1. The molecule has 1 heterocycles. The third-order valence-electron chi connectivity index (χ3n) is 3.50. The van der Waals surface area contributed by atoms with Gasteiger partial charge in [0.1, 0.15) is 17.7 Å². The SMILES string of the molecule is CCOC(=O)c1nc(CC)n(C(C)C(=O)NC2CC2)c1N. The maximum Gasteiger partial charge on any atom is 0.360 e. The van der Waals surface area contributed by atoms with Crippen LogP contribution in [0.1, 0.15) is 56.0 Å². The van der Waals surface area contributed by atoms with Gasteiger partial charge in [0.25, 0.3) is 0 Å². The molecule has 0 aliphatic heterocycles. The normalized spacial score (nSPS) is 15.6. The number of ether oxygens (including phenoxy) is 1. The summed E-state index contributed by atoms with van der Waals surface area (Å²) in [6.45, 7) is 5.63. The van der Waals surface area contributed by atoms with Crippen LogP contribution in [0.2, 0.25) is 0 Å². The molecule has 3 N–H and O–H groups in total. The van der Waals surface area contributed by atoms with Crippen LogP contribution in [0.15, 0.2) is 0 Å². The van der Waals surface area contributed by atoms with Gasteiger partial charge >= 0.3 is 5.97 Å². The number of rotatable bonds is 6. The highest BCUT2D eigenvalue weighted by atomic mass is 16.5. The molecule has 2 rings (SSSR count). The summed E-state index contributed by atoms with van der Waals surface area (Å²) in [6.07, 6.45) is 2.61. The number of hydrogen-bond acceptors (Lipinski definition) is 5. The number of carbonyl (C=O) groups excluding carboxylic acids is 2. The third-order valence-corrected chi connectivity index (χ3v) is 3.50. The summed E-state index contributed by atoms with van der Waals surface area (Å²) in [4.78, 5) is 28.3. The number of imidazole rings is 1. The van der Waals surface area contributed by atoms with E-state index in [9.17, 15) is 9.59 Å². The number of amides is 1. The molecular formula is C14H22N4O3. The zero-order chi connectivity index (χ0) is 15.6. The van der Waals surface area contributed by atoms with Gasteiger partial charge in [-0.3, -0.25) is 4.79 Å². The van der Waals surface area contributed by atoms with Crippen LogP contribution >= 0.6 is 0 Å². The summed E-state index contributed by atoms with van der Waals surface area (Å²) in [6, 6.07) is -0.226. The predicted octanol–water partition coefficient (Wildman–Crippen LogP) is 1.04. The van der Waals surface area contributed by atoms with Crippen LogP contribution in [-0.4, -0.2) is 34.1 Å². The fourth-order valence-electron chi connectivity index (χ4n) is 2.19. The average molecular weight is 294 g/mol. The first kappa shape index (κ1) is 15.3. The van der Waals surface area contributed by atoms with Crippen LogP contribution in [-0.2, 0) is 16.0 Å². The molecule has 116 valence electrons. The van der Waals surface area contributed by atoms with Crippen LogP contribution in [0.4, 0.5) is 5.82 Å². The van der Waals surface area contributed by atoms with Crippen molar-refractivity contribution in [1.29, 1.82) is 0 Å². The van der Waals surface area contributed by atoms with Gasteiger partial charge in [0.2, 0.25) is 5.91 Å². The van der Waals surface area contributed by atoms with Crippen molar-refractivity contribution in [2.45, 2.75) is 52.1 Å². The highest BCUT2D eigenvalue weighted by Crippen LogP contribution is 2.24. The topological polar surface area (TPSA) is 99.2 Å². The second-order valence-electron chi connectivity index (χ2n) is 5.16. The Bertz CT molecular complexity index is 549. The molecule has 1 fully saturated rings. The number of nitrogens with zero attached hydrogens (tertiary/aromatic N) is 2. The monoisotopic (exact) mass is 294 g/mol. The molecule has 1 aliphatic rings. The van der Waals surface area contributed by atoms with E-state index in [1.54, 1.807) is 18.4 Å². The van der Waals surface area contributed by atoms with Crippen LogP contribution < -0.4 is 11.1 Å². The molecule has 0 saturated heterocycles. The van der Waals surface area contributed by atoms with Gasteiger partial charge in [-0.05, 0) is 26.7 Å². The second-order valence-corrected chi connectivity index (χ2v) is 5.16. The van der Waals surface area contributed by atoms with E-state index in [0.717, 1.165) is 12.8 Å². The van der Waals surface area contributed by atoms with Crippen molar-refractivity contribution in [3.8, 4) is 0 Å². The summed E-state index contributed by atoms with van der Waals surface area (Å²) in [5.41, 5.74) is 6.10. The van der Waals surface area contributed by atoms with E-state index in [1.807, 2.05) is 6.92 Å². The Morgan fingerprint density at radius 1 is 1.48 bits per heavy atom. The predicted molar refractivity (Wildman–Crippen MR) is 77.8 cm³/mol. The zero-order valence-electron chi connectivity index (χ0n) is 12.7. The van der Waals surface area contributed by atoms with E-state index >= 15 is 0 Å². The van der Waals surface area contributed by atoms with Gasteiger partial charge < -0.3 is 20.4 Å². The molecule has 1 aromatic heterocycles. The van der Waals surface area contributed by atoms with E-state index in [1.165, 1.54) is 0 Å². The summed E-state index contributed by atoms with van der Waals surface area (Å²) in [5.74, 6) is 0.128. The summed E-state index contributed by atoms with van der Waals surface area (Å²) in [7, 11) is 0. The molecule has 0 aromatic carbocycles. The van der Waals surface area contributed by atoms with Crippen LogP contribution in [0.5, 0.6) is 0 Å². The van der Waals surface area contributed by atoms with Gasteiger partial charge in [0.15, 0.2) is 5.69 Å². The summed E-state index contributed by atoms with van der Waals surface area (Å²) >= 11 is 0. The molecule has 1 aliphatic carbocycles. The molecular weight excluding hydrogens is 272 g/mol. The molecule has 1 unspecified atom stereocenters. The number of carbonyl (C=O) groups is 2. The molecule has 1 saturated carbocycles. The lowest BCUT2D eigenvalue weighted by atomic mass is 10.2. The highest BCUT2D eigenvalue weighted by Gasteiger charge is 2.30. The smallest absolute Gasteiger partial charge is 0.360 e. The minimum atomic E-state index is -0.557. The van der Waals surface area contributed by atoms with Crippen LogP contribution in [0, 0.1) is 0 Å². The van der Waals surface area contributed by atoms with Gasteiger partial charge in [-0.1, -0.05) is 6.92 Å². The maximum atomic E-state index is 12.2. The quantitative estimate of drug-likeness (QED) is 0.764. The summed E-state index contributed by atoms with van der Waals surface area (Å²) < 4.78 is 6.56. The fourth-order valence-corrected chi connectivity index (χ4v) is 2.19. The Labute approximate surface area is 123 Å². The zero-order valence-corrected chi connectivity index (χ0v) is 12.7. The van der Waals surface area contributed by atoms with Gasteiger partial charge in [-0.15, -0.1) is 0 Å². The van der Waals surface area contributed by atoms with Crippen molar-refractivity contribution in [1.82, 2.24) is 14.9 Å². The van der Waals surface area contributed by atoms with Crippen LogP contribution in [0.25, 0.3) is 0 Å². The van der Waals surface area contributed by atoms with E-state index in [2.05, 4.69) is 10.3 Å². The van der Waals surface area contributed by atoms with E-state index in [-0.39, 0.29) is 30.1 Å². The fraction of sp³-hybridized carbons (Fsp3) is 0.643. The molecule has 1 atom stereocenters. The Balaban J connectivity index is 2.28. The number of aryl methyl sites for hydroxylation is 1. The highest BCUT2D eigenvalue weighted by molar-refractivity contribution is 5.93. The average Bonchev–Trinajstić information content (AvgIpc) is 3.19. The molecule has 1 aromatic rings. The minimum absolute atomic E-state index is 0.0831. The molecule has 1 amide bonds. The van der Waals surface area contributed by atoms with Crippen molar-refractivity contribution in [3.63, 3.8) is 0 Å². The molecule has 7 heteroatoms. The Kier molecular flexibility index (Phi) is 4.50. The van der Waals surface area contributed by atoms with Crippen molar-refractivity contribution < 1.29 is 14.3 Å². The second kappa shape index (κ2) is 6.15. The Hall–Kier alpha value is -2.05. The van der Waals surface area contributed by atoms with Crippen molar-refractivity contribution in [3.05, 3.63) is 11.5 Å². The van der Waals surface area contributed by atoms with E-state index in [0.29, 0.717) is 12.2 Å². The molecule has 21 heavy (non-hydrogen) atoms. The minimum Gasteiger partial charge on any atom is -0.461 e. The first-order valence-electron chi connectivity index (χ1n) is 7.33. The number of anilines is 1. The first-order valence-corrected chi connectivity index (χ1v) is 7.33. The Morgan fingerprint density at radius 3 is 2.67 bits per heavy atom. The lowest BCUT2D eigenvalue weighted by molar-refractivity contribution is -0.124. The molecule has 7 nitrogen and oxygen atoms in total. The van der Waals surface area contributed by atoms with Crippen molar-refractivity contribution in [2.75, 3.05) is 12.3 Å². The van der Waals surface area contributed by atoms with Gasteiger partial charge in [-0.25, -0.2) is 9.78 Å². The number of nitrogens with two attached hydrogens (primary N) is 1. The lowest BCUT2D eigenvalue weighted by Crippen LogP contribution is -2.33. The standard InChI is InChI=1S/C14H22N4O3/c1-4-10-17-11(14(20)21-5-2)12(15)18(10)8(3)13(19)16-9-6-7-9/h8-9H,4-7,15H2,1-3H3,(H,16,19). The maximum absolute atomic E-state index is 12.2. The summed E-state index contributed by atoms with van der Waals surface area (Å²) in [5, 5.41) is 2.94. The molecule has 0 bridgehead atoms. The number of hydrogen-bond donors (Lipinski definition) is 2. The Morgan fingerprint density at radius 2 is 2.14 bits per heavy atom. The van der Waals surface area contributed by atoms with Crippen molar-refractivity contribution in [2.24, 2.45) is 0 Å². The lowest BCUT2D eigenvalue weighted by Gasteiger charge is -2.17. The third kappa shape index (κ3) is 3.17. The number of nitrogens with one attached hydrogen (secondary N) is 1. The number of nitrogen functional groups attached to an aromatic ring is 1. The number of aromatic nitrogens is 2. The molecule has 0 spiro atoms. The van der Waals surface area contributed by atoms with E-state index in [4.69, 9.17) is 10.5 Å². The van der Waals surface area contributed by atoms with Crippen molar-refractivity contribution >= 4 is 17.7 Å². The van der Waals surface area contributed by atoms with E-state index < -0.39 is 12.0 Å².